The second-order valence-electron chi connectivity index (χ2n) is 5.37. The summed E-state index contributed by atoms with van der Waals surface area (Å²) >= 11 is 1.35. The molecule has 0 unspecified atom stereocenters. The molecule has 128 valence electrons. The van der Waals surface area contributed by atoms with Crippen LogP contribution in [0.4, 0.5) is 5.82 Å². The van der Waals surface area contributed by atoms with E-state index in [9.17, 15) is 9.90 Å². The van der Waals surface area contributed by atoms with Gasteiger partial charge in [0, 0.05) is 23.3 Å². The molecule has 0 bridgehead atoms. The van der Waals surface area contributed by atoms with Crippen LogP contribution >= 0.6 is 11.3 Å². The van der Waals surface area contributed by atoms with Crippen molar-refractivity contribution in [2.75, 3.05) is 5.32 Å². The van der Waals surface area contributed by atoms with Crippen LogP contribution in [0.15, 0.2) is 66.4 Å². The number of carbonyl (C=O) groups is 1. The van der Waals surface area contributed by atoms with Crippen LogP contribution in [-0.2, 0) is 0 Å². The molecule has 1 aromatic carbocycles. The maximum atomic E-state index is 12.3. The first-order valence-electron chi connectivity index (χ1n) is 7.72. The monoisotopic (exact) mass is 363 g/mol. The molecule has 0 radical (unpaired) electrons. The molecule has 4 rings (SSSR count). The first kappa shape index (κ1) is 16.0. The van der Waals surface area contributed by atoms with Crippen LogP contribution in [0.25, 0.3) is 16.3 Å². The minimum atomic E-state index is -0.433. The normalized spacial score (nSPS) is 10.6. The third kappa shape index (κ3) is 3.17. The van der Waals surface area contributed by atoms with Crippen molar-refractivity contribution in [1.82, 2.24) is 19.7 Å². The third-order valence-corrected chi connectivity index (χ3v) is 4.50. The van der Waals surface area contributed by atoms with E-state index in [2.05, 4.69) is 20.4 Å². The van der Waals surface area contributed by atoms with Gasteiger partial charge in [-0.05, 0) is 24.3 Å². The second-order valence-corrected chi connectivity index (χ2v) is 6.23. The highest BCUT2D eigenvalue weighted by atomic mass is 32.1. The Morgan fingerprint density at radius 3 is 2.81 bits per heavy atom. The van der Waals surface area contributed by atoms with E-state index in [-0.39, 0.29) is 17.3 Å². The van der Waals surface area contributed by atoms with E-state index in [4.69, 9.17) is 0 Å². The molecule has 8 heteroatoms. The fourth-order valence-corrected chi connectivity index (χ4v) is 3.11. The first-order valence-corrected chi connectivity index (χ1v) is 8.60. The van der Waals surface area contributed by atoms with Crippen molar-refractivity contribution in [2.24, 2.45) is 0 Å². The number of anilines is 1. The number of amides is 1. The molecule has 0 saturated carbocycles. The lowest BCUT2D eigenvalue weighted by atomic mass is 10.3. The smallest absolute Gasteiger partial charge is 0.276 e. The number of rotatable bonds is 4. The molecular formula is C18H13N5O2S. The Morgan fingerprint density at radius 2 is 2.00 bits per heavy atom. The largest absolute Gasteiger partial charge is 0.504 e. The summed E-state index contributed by atoms with van der Waals surface area (Å²) in [6, 6.07) is 12.8. The van der Waals surface area contributed by atoms with Gasteiger partial charge in [-0.3, -0.25) is 4.79 Å². The minimum absolute atomic E-state index is 0.0968. The average Bonchev–Trinajstić information content (AvgIpc) is 3.34. The first-order chi connectivity index (χ1) is 12.7. The Hall–Kier alpha value is -3.52. The number of aromatic nitrogens is 4. The van der Waals surface area contributed by atoms with E-state index in [1.54, 1.807) is 22.3 Å². The number of benzene rings is 1. The van der Waals surface area contributed by atoms with Crippen molar-refractivity contribution in [2.45, 2.75) is 0 Å². The number of pyridine rings is 1. The molecule has 3 aromatic heterocycles. The van der Waals surface area contributed by atoms with Crippen molar-refractivity contribution < 1.29 is 9.90 Å². The molecule has 0 aliphatic heterocycles. The third-order valence-electron chi connectivity index (χ3n) is 3.61. The molecule has 3 heterocycles. The van der Waals surface area contributed by atoms with Gasteiger partial charge >= 0.3 is 0 Å². The van der Waals surface area contributed by atoms with Gasteiger partial charge in [0.05, 0.1) is 11.9 Å². The highest BCUT2D eigenvalue weighted by molar-refractivity contribution is 7.13. The van der Waals surface area contributed by atoms with Crippen LogP contribution in [0.3, 0.4) is 0 Å². The number of para-hydroxylation sites is 1. The van der Waals surface area contributed by atoms with E-state index in [0.717, 1.165) is 11.3 Å². The molecule has 0 spiro atoms. The number of hydrogen-bond donors (Lipinski definition) is 2. The van der Waals surface area contributed by atoms with Crippen molar-refractivity contribution in [3.05, 3.63) is 72.1 Å². The Kier molecular flexibility index (Phi) is 4.16. The number of hydrogen-bond acceptors (Lipinski definition) is 6. The van der Waals surface area contributed by atoms with E-state index < -0.39 is 5.91 Å². The predicted octanol–water partition coefficient (Wildman–Crippen LogP) is 3.35. The van der Waals surface area contributed by atoms with Gasteiger partial charge in [-0.15, -0.1) is 11.3 Å². The van der Waals surface area contributed by atoms with Crippen molar-refractivity contribution in [1.29, 1.82) is 0 Å². The molecule has 7 nitrogen and oxygen atoms in total. The summed E-state index contributed by atoms with van der Waals surface area (Å²) in [5.74, 6) is -0.429. The quantitative estimate of drug-likeness (QED) is 0.580. The van der Waals surface area contributed by atoms with Gasteiger partial charge < -0.3 is 10.4 Å². The number of nitrogens with zero attached hydrogens (tertiary/aromatic N) is 4. The summed E-state index contributed by atoms with van der Waals surface area (Å²) in [5.41, 5.74) is 2.01. The average molecular weight is 363 g/mol. The summed E-state index contributed by atoms with van der Waals surface area (Å²) in [6.45, 7) is 0. The van der Waals surface area contributed by atoms with E-state index in [1.165, 1.54) is 23.6 Å². The van der Waals surface area contributed by atoms with Gasteiger partial charge in [0.25, 0.3) is 5.91 Å². The van der Waals surface area contributed by atoms with E-state index in [1.807, 2.05) is 36.5 Å². The van der Waals surface area contributed by atoms with Gasteiger partial charge in [-0.1, -0.05) is 18.2 Å². The number of thiazole rings is 1. The highest BCUT2D eigenvalue weighted by Gasteiger charge is 2.15. The van der Waals surface area contributed by atoms with Crippen LogP contribution in [-0.4, -0.2) is 30.8 Å². The van der Waals surface area contributed by atoms with Gasteiger partial charge in [-0.2, -0.15) is 5.10 Å². The summed E-state index contributed by atoms with van der Waals surface area (Å²) in [5, 5.41) is 18.9. The molecule has 2 N–H and O–H groups in total. The maximum Gasteiger partial charge on any atom is 0.276 e. The number of carbonyl (C=O) groups excluding carboxylic acids is 1. The van der Waals surface area contributed by atoms with Gasteiger partial charge in [0.15, 0.2) is 11.6 Å². The number of aromatic hydroxyl groups is 1. The topological polar surface area (TPSA) is 92.9 Å². The maximum absolute atomic E-state index is 12.3. The molecule has 26 heavy (non-hydrogen) atoms. The highest BCUT2D eigenvalue weighted by Crippen LogP contribution is 2.25. The summed E-state index contributed by atoms with van der Waals surface area (Å²) < 4.78 is 1.75. The number of nitrogens with one attached hydrogen (secondary N) is 1. The Morgan fingerprint density at radius 1 is 1.15 bits per heavy atom. The van der Waals surface area contributed by atoms with Crippen molar-refractivity contribution in [3.63, 3.8) is 0 Å². The molecule has 0 saturated heterocycles. The molecule has 0 aliphatic carbocycles. The molecule has 4 aromatic rings. The van der Waals surface area contributed by atoms with Gasteiger partial charge in [-0.25, -0.2) is 14.6 Å². The molecule has 0 atom stereocenters. The van der Waals surface area contributed by atoms with E-state index >= 15 is 0 Å². The van der Waals surface area contributed by atoms with Gasteiger partial charge in [0.1, 0.15) is 10.7 Å². The molecule has 0 fully saturated rings. The lowest BCUT2D eigenvalue weighted by Crippen LogP contribution is -2.13. The summed E-state index contributed by atoms with van der Waals surface area (Å²) in [6.07, 6.45) is 5.05. The zero-order chi connectivity index (χ0) is 17.9. The van der Waals surface area contributed by atoms with Crippen molar-refractivity contribution in [3.8, 4) is 22.0 Å². The fourth-order valence-electron chi connectivity index (χ4n) is 2.33. The lowest BCUT2D eigenvalue weighted by Gasteiger charge is -2.03. The minimum Gasteiger partial charge on any atom is -0.504 e. The second kappa shape index (κ2) is 6.77. The predicted molar refractivity (Wildman–Crippen MR) is 98.5 cm³/mol. The molecule has 0 aliphatic rings. The van der Waals surface area contributed by atoms with Crippen LogP contribution in [0.2, 0.25) is 0 Å². The molecular weight excluding hydrogens is 350 g/mol. The van der Waals surface area contributed by atoms with Crippen LogP contribution in [0, 0.1) is 0 Å². The van der Waals surface area contributed by atoms with E-state index in [0.29, 0.717) is 5.01 Å². The molecule has 1 amide bonds. The Labute approximate surface area is 152 Å². The zero-order valence-electron chi connectivity index (χ0n) is 13.4. The van der Waals surface area contributed by atoms with Crippen LogP contribution in [0.5, 0.6) is 5.75 Å². The van der Waals surface area contributed by atoms with Crippen LogP contribution < -0.4 is 5.32 Å². The SMILES string of the molecule is O=C(Nc1ncccc1O)c1csc(-c2cnn(-c3ccccc3)c2)n1. The Bertz CT molecular complexity index is 1060. The lowest BCUT2D eigenvalue weighted by molar-refractivity contribution is 0.102. The fraction of sp³-hybridized carbons (Fsp3) is 0. The zero-order valence-corrected chi connectivity index (χ0v) is 14.2. The Balaban J connectivity index is 1.54. The van der Waals surface area contributed by atoms with Crippen molar-refractivity contribution >= 4 is 23.1 Å². The van der Waals surface area contributed by atoms with Crippen LogP contribution in [0.1, 0.15) is 10.5 Å². The van der Waals surface area contributed by atoms with Gasteiger partial charge in [0.2, 0.25) is 0 Å². The summed E-state index contributed by atoms with van der Waals surface area (Å²) in [4.78, 5) is 20.6. The summed E-state index contributed by atoms with van der Waals surface area (Å²) in [7, 11) is 0. The standard InChI is InChI=1S/C18H13N5O2S/c24-15-7-4-8-19-16(15)22-17(25)14-11-26-18(21-14)12-9-20-23(10-12)13-5-2-1-3-6-13/h1-11,24H,(H,19,22,25).